The van der Waals surface area contributed by atoms with Crippen molar-refractivity contribution < 1.29 is 38.5 Å². The van der Waals surface area contributed by atoms with E-state index in [9.17, 15) is 28.7 Å². The number of benzene rings is 2. The van der Waals surface area contributed by atoms with Crippen LogP contribution in [0.15, 0.2) is 51.8 Å². The number of nitrogens with zero attached hydrogens (tertiary/aromatic N) is 1. The van der Waals surface area contributed by atoms with Crippen LogP contribution in [0.5, 0.6) is 5.75 Å². The standard InChI is InChI=1S/C23H18BrFN2O7S2/c24-13-1-7-17(34-11-19(28)26-15-4-2-14(25)3-5-15)12(9-13)10-18-21(31)27(23(35)36-18)16(22(32)33)6-8-20(29)30/h1-5,7,9-10,16H,6,8,11H2,(H,26,28)(H,29,30)(H,32,33)/b18-10-. The van der Waals surface area contributed by atoms with Crippen LogP contribution < -0.4 is 10.1 Å². The van der Waals surface area contributed by atoms with Gasteiger partial charge in [0.05, 0.1) is 4.91 Å². The molecule has 1 aliphatic rings. The van der Waals surface area contributed by atoms with Gasteiger partial charge in [0.1, 0.15) is 21.9 Å². The van der Waals surface area contributed by atoms with E-state index in [1.165, 1.54) is 30.3 Å². The minimum atomic E-state index is -1.42. The number of aliphatic carboxylic acids is 2. The lowest BCUT2D eigenvalue weighted by Crippen LogP contribution is -2.44. The van der Waals surface area contributed by atoms with E-state index in [0.29, 0.717) is 15.7 Å². The molecule has 1 unspecified atom stereocenters. The Labute approximate surface area is 222 Å². The smallest absolute Gasteiger partial charge is 0.326 e. The second-order valence-electron chi connectivity index (χ2n) is 7.36. The van der Waals surface area contributed by atoms with Crippen molar-refractivity contribution in [3.05, 3.63) is 63.2 Å². The maximum atomic E-state index is 13.0. The van der Waals surface area contributed by atoms with Gasteiger partial charge >= 0.3 is 11.9 Å². The lowest BCUT2D eigenvalue weighted by Gasteiger charge is -2.22. The molecular weight excluding hydrogens is 579 g/mol. The van der Waals surface area contributed by atoms with Crippen LogP contribution in [0.1, 0.15) is 18.4 Å². The summed E-state index contributed by atoms with van der Waals surface area (Å²) in [5.41, 5.74) is 0.803. The van der Waals surface area contributed by atoms with Gasteiger partial charge in [0.2, 0.25) is 0 Å². The third-order valence-electron chi connectivity index (χ3n) is 4.80. The molecule has 3 N–H and O–H groups in total. The maximum Gasteiger partial charge on any atom is 0.326 e. The van der Waals surface area contributed by atoms with Gasteiger partial charge in [0, 0.05) is 22.1 Å². The third-order valence-corrected chi connectivity index (χ3v) is 6.62. The first-order valence-corrected chi connectivity index (χ1v) is 12.3. The average Bonchev–Trinajstić information content (AvgIpc) is 3.07. The number of hydrogen-bond acceptors (Lipinski definition) is 7. The summed E-state index contributed by atoms with van der Waals surface area (Å²) < 4.78 is 19.3. The number of amides is 2. The van der Waals surface area contributed by atoms with Crippen molar-refractivity contribution in [2.75, 3.05) is 11.9 Å². The van der Waals surface area contributed by atoms with Gasteiger partial charge in [0.25, 0.3) is 11.8 Å². The van der Waals surface area contributed by atoms with Crippen molar-refractivity contribution >= 4 is 79.7 Å². The van der Waals surface area contributed by atoms with Crippen LogP contribution in [0.2, 0.25) is 0 Å². The van der Waals surface area contributed by atoms with E-state index in [0.717, 1.165) is 16.7 Å². The number of ether oxygens (including phenoxy) is 1. The predicted molar refractivity (Wildman–Crippen MR) is 138 cm³/mol. The molecular formula is C23H18BrFN2O7S2. The number of halogens is 2. The molecule has 9 nitrogen and oxygen atoms in total. The number of carboxylic acid groups (broad SMARTS) is 2. The van der Waals surface area contributed by atoms with Crippen LogP contribution >= 0.6 is 39.9 Å². The first-order valence-electron chi connectivity index (χ1n) is 10.2. The molecule has 2 amide bonds. The largest absolute Gasteiger partial charge is 0.483 e. The molecule has 2 aromatic carbocycles. The summed E-state index contributed by atoms with van der Waals surface area (Å²) in [6, 6.07) is 8.68. The zero-order chi connectivity index (χ0) is 26.4. The quantitative estimate of drug-likeness (QED) is 0.273. The number of carbonyl (C=O) groups is 4. The Morgan fingerprint density at radius 2 is 1.89 bits per heavy atom. The molecule has 0 aromatic heterocycles. The molecule has 1 atom stereocenters. The fraction of sp³-hybridized carbons (Fsp3) is 0.174. The van der Waals surface area contributed by atoms with Crippen molar-refractivity contribution in [1.82, 2.24) is 4.90 Å². The molecule has 0 aliphatic carbocycles. The van der Waals surface area contributed by atoms with E-state index in [1.54, 1.807) is 18.2 Å². The van der Waals surface area contributed by atoms with Gasteiger partial charge in [-0.15, -0.1) is 0 Å². The Morgan fingerprint density at radius 3 is 2.53 bits per heavy atom. The predicted octanol–water partition coefficient (Wildman–Crippen LogP) is 4.12. The Bertz CT molecular complexity index is 1250. The number of thioether (sulfide) groups is 1. The van der Waals surface area contributed by atoms with Gasteiger partial charge in [-0.2, -0.15) is 0 Å². The molecule has 0 radical (unpaired) electrons. The molecule has 13 heteroatoms. The molecule has 2 aromatic rings. The summed E-state index contributed by atoms with van der Waals surface area (Å²) in [7, 11) is 0. The van der Waals surface area contributed by atoms with E-state index in [-0.39, 0.29) is 28.0 Å². The SMILES string of the molecule is O=C(O)CCC(C(=O)O)N1C(=O)/C(=C/c2cc(Br)ccc2OCC(=O)Nc2ccc(F)cc2)SC1=S. The summed E-state index contributed by atoms with van der Waals surface area (Å²) >= 11 is 9.41. The molecule has 0 saturated carbocycles. The topological polar surface area (TPSA) is 133 Å². The van der Waals surface area contributed by atoms with Crippen LogP contribution in [0.4, 0.5) is 10.1 Å². The highest BCUT2D eigenvalue weighted by atomic mass is 79.9. The number of rotatable bonds is 10. The monoisotopic (exact) mass is 596 g/mol. The number of carbonyl (C=O) groups excluding carboxylic acids is 2. The minimum absolute atomic E-state index is 0.0137. The molecule has 188 valence electrons. The Balaban J connectivity index is 1.77. The van der Waals surface area contributed by atoms with Crippen molar-refractivity contribution in [1.29, 1.82) is 0 Å². The van der Waals surface area contributed by atoms with Gasteiger partial charge in [-0.3, -0.25) is 19.3 Å². The van der Waals surface area contributed by atoms with Crippen molar-refractivity contribution in [3.8, 4) is 5.75 Å². The van der Waals surface area contributed by atoms with Crippen LogP contribution in [0.3, 0.4) is 0 Å². The summed E-state index contributed by atoms with van der Waals surface area (Å²) in [6.45, 7) is -0.378. The molecule has 1 fully saturated rings. The first-order chi connectivity index (χ1) is 17.0. The van der Waals surface area contributed by atoms with E-state index in [1.807, 2.05) is 0 Å². The van der Waals surface area contributed by atoms with E-state index >= 15 is 0 Å². The van der Waals surface area contributed by atoms with Crippen molar-refractivity contribution in [2.24, 2.45) is 0 Å². The fourth-order valence-corrected chi connectivity index (χ4v) is 4.88. The van der Waals surface area contributed by atoms with Crippen LogP contribution in [-0.4, -0.2) is 55.8 Å². The summed E-state index contributed by atoms with van der Waals surface area (Å²) in [5, 5.41) is 21.0. The van der Waals surface area contributed by atoms with Crippen LogP contribution in [0.25, 0.3) is 6.08 Å². The fourth-order valence-electron chi connectivity index (χ4n) is 3.15. The molecule has 3 rings (SSSR count). The van der Waals surface area contributed by atoms with Gasteiger partial charge in [-0.05, 0) is 55.0 Å². The molecule has 1 heterocycles. The number of anilines is 1. The van der Waals surface area contributed by atoms with Crippen LogP contribution in [0, 0.1) is 5.82 Å². The highest BCUT2D eigenvalue weighted by Gasteiger charge is 2.40. The van der Waals surface area contributed by atoms with Gasteiger partial charge in [-0.1, -0.05) is 39.9 Å². The minimum Gasteiger partial charge on any atom is -0.483 e. The first kappa shape index (κ1) is 27.3. The van der Waals surface area contributed by atoms with Gasteiger partial charge in [0.15, 0.2) is 6.61 Å². The second kappa shape index (κ2) is 12.1. The Hall–Kier alpha value is -3.29. The van der Waals surface area contributed by atoms with E-state index in [2.05, 4.69) is 21.2 Å². The molecule has 0 spiro atoms. The lowest BCUT2D eigenvalue weighted by molar-refractivity contribution is -0.146. The van der Waals surface area contributed by atoms with Crippen molar-refractivity contribution in [3.63, 3.8) is 0 Å². The van der Waals surface area contributed by atoms with Gasteiger partial charge < -0.3 is 20.3 Å². The highest BCUT2D eigenvalue weighted by Crippen LogP contribution is 2.37. The maximum absolute atomic E-state index is 13.0. The van der Waals surface area contributed by atoms with Gasteiger partial charge in [-0.25, -0.2) is 9.18 Å². The average molecular weight is 597 g/mol. The van der Waals surface area contributed by atoms with E-state index in [4.69, 9.17) is 22.1 Å². The summed E-state index contributed by atoms with van der Waals surface area (Å²) in [4.78, 5) is 48.8. The summed E-state index contributed by atoms with van der Waals surface area (Å²) in [6.07, 6.45) is 0.697. The number of hydrogen-bond donors (Lipinski definition) is 3. The Morgan fingerprint density at radius 1 is 1.19 bits per heavy atom. The van der Waals surface area contributed by atoms with E-state index < -0.39 is 42.0 Å². The second-order valence-corrected chi connectivity index (χ2v) is 9.96. The lowest BCUT2D eigenvalue weighted by atomic mass is 10.1. The van der Waals surface area contributed by atoms with Crippen LogP contribution in [-0.2, 0) is 19.2 Å². The highest BCUT2D eigenvalue weighted by molar-refractivity contribution is 9.10. The zero-order valence-electron chi connectivity index (χ0n) is 18.3. The number of thiocarbonyl (C=S) groups is 1. The Kier molecular flexibility index (Phi) is 9.18. The third kappa shape index (κ3) is 7.12. The molecule has 1 aliphatic heterocycles. The molecule has 36 heavy (non-hydrogen) atoms. The summed E-state index contributed by atoms with van der Waals surface area (Å²) in [5.74, 6) is -3.91. The normalized spacial score (nSPS) is 15.2. The zero-order valence-corrected chi connectivity index (χ0v) is 21.5. The molecule has 1 saturated heterocycles. The number of carboxylic acids is 2. The van der Waals surface area contributed by atoms with Crippen molar-refractivity contribution in [2.45, 2.75) is 18.9 Å². The number of nitrogens with one attached hydrogen (secondary N) is 1. The molecule has 0 bridgehead atoms.